The van der Waals surface area contributed by atoms with Crippen molar-refractivity contribution in [2.75, 3.05) is 13.2 Å². The molecule has 1 saturated heterocycles. The second kappa shape index (κ2) is 9.01. The lowest BCUT2D eigenvalue weighted by atomic mass is 10.1. The van der Waals surface area contributed by atoms with E-state index in [1.54, 1.807) is 0 Å². The molecule has 1 rings (SSSR count). The summed E-state index contributed by atoms with van der Waals surface area (Å²) in [5.74, 6) is 0. The van der Waals surface area contributed by atoms with Crippen molar-refractivity contribution < 1.29 is 4.74 Å². The molecule has 0 saturated carbocycles. The molecule has 2 nitrogen and oxygen atoms in total. The summed E-state index contributed by atoms with van der Waals surface area (Å²) in [5, 5.41) is 0. The van der Waals surface area contributed by atoms with Crippen LogP contribution in [0.4, 0.5) is 0 Å². The van der Waals surface area contributed by atoms with Crippen molar-refractivity contribution in [3.05, 3.63) is 0 Å². The molecule has 0 aromatic carbocycles. The fraction of sp³-hybridized carbons (Fsp3) is 1.00. The largest absolute Gasteiger partial charge is 0.381 e. The lowest BCUT2D eigenvalue weighted by Gasteiger charge is -2.07. The van der Waals surface area contributed by atoms with Gasteiger partial charge < -0.3 is 10.5 Å². The van der Waals surface area contributed by atoms with E-state index in [9.17, 15) is 0 Å². The van der Waals surface area contributed by atoms with Crippen molar-refractivity contribution in [1.82, 2.24) is 0 Å². The van der Waals surface area contributed by atoms with Gasteiger partial charge in [-0.25, -0.2) is 0 Å². The smallest absolute Gasteiger partial charge is 0.0480 e. The molecule has 1 heterocycles. The maximum Gasteiger partial charge on any atom is 0.0480 e. The summed E-state index contributed by atoms with van der Waals surface area (Å²) in [7, 11) is 0. The first kappa shape index (κ1) is 14.4. The maximum atomic E-state index is 5.79. The highest BCUT2D eigenvalue weighted by molar-refractivity contribution is 4.62. The van der Waals surface area contributed by atoms with Gasteiger partial charge in [0.2, 0.25) is 0 Å². The Hall–Kier alpha value is -0.0800. The molecule has 1 aliphatic heterocycles. The molecule has 0 radical (unpaired) electrons. The van der Waals surface area contributed by atoms with E-state index in [1.807, 2.05) is 0 Å². The molecular weight excluding hydrogens is 150 g/mol. The third kappa shape index (κ3) is 6.62. The number of nitrogens with two attached hydrogens (primary N) is 1. The summed E-state index contributed by atoms with van der Waals surface area (Å²) in [6, 6.07) is 0.387. The summed E-state index contributed by atoms with van der Waals surface area (Å²) in [5.41, 5.74) is 5.79. The summed E-state index contributed by atoms with van der Waals surface area (Å²) in [6.45, 7) is 1.80. The van der Waals surface area contributed by atoms with Gasteiger partial charge in [0, 0.05) is 19.3 Å². The van der Waals surface area contributed by atoms with Crippen molar-refractivity contribution in [3.63, 3.8) is 0 Å². The normalized spacial score (nSPS) is 25.2. The van der Waals surface area contributed by atoms with E-state index in [4.69, 9.17) is 10.5 Å². The third-order valence-corrected chi connectivity index (χ3v) is 2.00. The van der Waals surface area contributed by atoms with Crippen LogP contribution in [0.1, 0.15) is 47.0 Å². The lowest BCUT2D eigenvalue weighted by molar-refractivity contribution is 0.128. The number of hydrogen-bond acceptors (Lipinski definition) is 2. The molecular formula is C10H25NO. The second-order valence-electron chi connectivity index (χ2n) is 3.01. The van der Waals surface area contributed by atoms with Gasteiger partial charge >= 0.3 is 0 Å². The minimum Gasteiger partial charge on any atom is -0.381 e. The van der Waals surface area contributed by atoms with E-state index >= 15 is 0 Å². The molecule has 2 heteroatoms. The molecule has 1 unspecified atom stereocenters. The van der Waals surface area contributed by atoms with Crippen LogP contribution in [0.15, 0.2) is 0 Å². The quantitative estimate of drug-likeness (QED) is 0.614. The highest BCUT2D eigenvalue weighted by Gasteiger charge is 2.04. The first-order chi connectivity index (χ1) is 4.89. The maximum absolute atomic E-state index is 5.79. The Labute approximate surface area is 77.5 Å². The first-order valence-electron chi connectivity index (χ1n) is 4.23. The minimum atomic E-state index is 0. The van der Waals surface area contributed by atoms with Crippen molar-refractivity contribution in [3.8, 4) is 0 Å². The summed E-state index contributed by atoms with van der Waals surface area (Å²) in [6.07, 6.45) is 6.01. The SMILES string of the molecule is C.C.NC1CCCCCOCC1. The summed E-state index contributed by atoms with van der Waals surface area (Å²) >= 11 is 0. The van der Waals surface area contributed by atoms with Gasteiger partial charge in [0.1, 0.15) is 0 Å². The fourth-order valence-electron chi connectivity index (χ4n) is 1.27. The van der Waals surface area contributed by atoms with Crippen molar-refractivity contribution in [2.24, 2.45) is 5.73 Å². The molecule has 1 fully saturated rings. The molecule has 12 heavy (non-hydrogen) atoms. The van der Waals surface area contributed by atoms with Crippen LogP contribution in [0.3, 0.4) is 0 Å². The number of hydrogen-bond donors (Lipinski definition) is 1. The van der Waals surface area contributed by atoms with Gasteiger partial charge in [-0.1, -0.05) is 27.7 Å². The van der Waals surface area contributed by atoms with Gasteiger partial charge in [-0.2, -0.15) is 0 Å². The zero-order valence-corrected chi connectivity index (χ0v) is 6.51. The highest BCUT2D eigenvalue weighted by Crippen LogP contribution is 2.07. The highest BCUT2D eigenvalue weighted by atomic mass is 16.5. The Bertz CT molecular complexity index is 75.9. The van der Waals surface area contributed by atoms with Crippen molar-refractivity contribution in [1.29, 1.82) is 0 Å². The molecule has 1 atom stereocenters. The van der Waals surface area contributed by atoms with Crippen LogP contribution >= 0.6 is 0 Å². The molecule has 1 aliphatic rings. The van der Waals surface area contributed by atoms with Gasteiger partial charge in [-0.05, 0) is 19.3 Å². The van der Waals surface area contributed by atoms with Gasteiger partial charge in [0.05, 0.1) is 0 Å². The van der Waals surface area contributed by atoms with E-state index < -0.39 is 0 Å². The van der Waals surface area contributed by atoms with Crippen LogP contribution in [-0.4, -0.2) is 19.3 Å². The van der Waals surface area contributed by atoms with Gasteiger partial charge in [-0.15, -0.1) is 0 Å². The third-order valence-electron chi connectivity index (χ3n) is 2.00. The fourth-order valence-corrected chi connectivity index (χ4v) is 1.27. The van der Waals surface area contributed by atoms with Crippen molar-refractivity contribution in [2.45, 2.75) is 53.0 Å². The first-order valence-corrected chi connectivity index (χ1v) is 4.23. The molecule has 0 bridgehead atoms. The van der Waals surface area contributed by atoms with E-state index in [-0.39, 0.29) is 14.9 Å². The average molecular weight is 175 g/mol. The van der Waals surface area contributed by atoms with Gasteiger partial charge in [0.15, 0.2) is 0 Å². The monoisotopic (exact) mass is 175 g/mol. The molecule has 0 spiro atoms. The average Bonchev–Trinajstić information content (AvgIpc) is 2.02. The predicted molar refractivity (Wildman–Crippen MR) is 55.3 cm³/mol. The minimum absolute atomic E-state index is 0. The topological polar surface area (TPSA) is 35.2 Å². The van der Waals surface area contributed by atoms with Crippen LogP contribution in [0, 0.1) is 0 Å². The molecule has 0 amide bonds. The van der Waals surface area contributed by atoms with E-state index in [1.165, 1.54) is 25.7 Å². The molecule has 2 N–H and O–H groups in total. The van der Waals surface area contributed by atoms with Crippen LogP contribution in [0.25, 0.3) is 0 Å². The molecule has 76 valence electrons. The zero-order chi connectivity index (χ0) is 7.23. The Kier molecular flexibility index (Phi) is 10.8. The van der Waals surface area contributed by atoms with E-state index in [0.29, 0.717) is 6.04 Å². The number of rotatable bonds is 0. The standard InChI is InChI=1S/C8H17NO.2CH4/c9-8-4-2-1-3-6-10-7-5-8;;/h8H,1-7,9H2;2*1H4. The summed E-state index contributed by atoms with van der Waals surface area (Å²) in [4.78, 5) is 0. The van der Waals surface area contributed by atoms with Crippen LogP contribution in [0.2, 0.25) is 0 Å². The summed E-state index contributed by atoms with van der Waals surface area (Å²) < 4.78 is 5.34. The van der Waals surface area contributed by atoms with Gasteiger partial charge in [-0.3, -0.25) is 0 Å². The zero-order valence-electron chi connectivity index (χ0n) is 6.51. The lowest BCUT2D eigenvalue weighted by Crippen LogP contribution is -2.21. The predicted octanol–water partition coefficient (Wildman–Crippen LogP) is 2.57. The Morgan fingerprint density at radius 1 is 0.917 bits per heavy atom. The molecule has 0 aliphatic carbocycles. The molecule has 0 aromatic heterocycles. The second-order valence-corrected chi connectivity index (χ2v) is 3.01. The van der Waals surface area contributed by atoms with Crippen LogP contribution in [-0.2, 0) is 4.74 Å². The Morgan fingerprint density at radius 2 is 1.67 bits per heavy atom. The van der Waals surface area contributed by atoms with Gasteiger partial charge in [0.25, 0.3) is 0 Å². The molecule has 0 aromatic rings. The van der Waals surface area contributed by atoms with E-state index in [0.717, 1.165) is 19.6 Å². The Balaban J connectivity index is 0. The Morgan fingerprint density at radius 3 is 2.42 bits per heavy atom. The number of ether oxygens (including phenoxy) is 1. The van der Waals surface area contributed by atoms with Crippen LogP contribution < -0.4 is 5.73 Å². The van der Waals surface area contributed by atoms with Crippen molar-refractivity contribution >= 4 is 0 Å². The van der Waals surface area contributed by atoms with Crippen LogP contribution in [0.5, 0.6) is 0 Å². The van der Waals surface area contributed by atoms with E-state index in [2.05, 4.69) is 0 Å².